The Hall–Kier alpha value is -2.23. The molecule has 25 heavy (non-hydrogen) atoms. The molecule has 1 saturated heterocycles. The summed E-state index contributed by atoms with van der Waals surface area (Å²) in [5, 5.41) is 0. The van der Waals surface area contributed by atoms with Crippen LogP contribution in [0.4, 0.5) is 5.82 Å². The van der Waals surface area contributed by atoms with Crippen molar-refractivity contribution in [3.63, 3.8) is 0 Å². The smallest absolute Gasteiger partial charge is 0.361 e. The lowest BCUT2D eigenvalue weighted by molar-refractivity contribution is -0.138. The number of carbonyl (C=O) groups excluding carboxylic acids is 2. The van der Waals surface area contributed by atoms with E-state index in [9.17, 15) is 18.0 Å². The summed E-state index contributed by atoms with van der Waals surface area (Å²) in [5.41, 5.74) is 5.39. The number of nitrogens with zero attached hydrogens (tertiary/aromatic N) is 3. The summed E-state index contributed by atoms with van der Waals surface area (Å²) in [7, 11) is -3.13. The number of esters is 1. The first-order valence-corrected chi connectivity index (χ1v) is 9.82. The molecule has 0 bridgehead atoms. The van der Waals surface area contributed by atoms with Crippen LogP contribution in [0.15, 0.2) is 12.4 Å². The van der Waals surface area contributed by atoms with Crippen molar-refractivity contribution >= 4 is 27.5 Å². The van der Waals surface area contributed by atoms with Gasteiger partial charge in [-0.15, -0.1) is 0 Å². The van der Waals surface area contributed by atoms with Gasteiger partial charge in [0.2, 0.25) is 0 Å². The van der Waals surface area contributed by atoms with Crippen LogP contribution >= 0.6 is 0 Å². The molecule has 1 fully saturated rings. The molecular weight excluding hydrogens is 348 g/mol. The van der Waals surface area contributed by atoms with Gasteiger partial charge >= 0.3 is 5.97 Å². The average molecular weight is 370 g/mol. The maximum absolute atomic E-state index is 12.5. The lowest BCUT2D eigenvalue weighted by atomic mass is 10.1. The molecule has 0 spiro atoms. The summed E-state index contributed by atoms with van der Waals surface area (Å²) in [6.45, 7) is 3.24. The Bertz CT molecular complexity index is 752. The molecule has 1 aliphatic rings. The number of nitrogen functional groups attached to an aromatic ring is 1. The predicted octanol–water partition coefficient (Wildman–Crippen LogP) is 0.0298. The van der Waals surface area contributed by atoms with Crippen molar-refractivity contribution in [1.82, 2.24) is 14.9 Å². The molecular formula is C15H22N4O5S. The normalized spacial score (nSPS) is 20.0. The van der Waals surface area contributed by atoms with Gasteiger partial charge in [-0.1, -0.05) is 6.92 Å². The zero-order chi connectivity index (χ0) is 18.6. The number of hydrogen-bond acceptors (Lipinski definition) is 8. The van der Waals surface area contributed by atoms with E-state index >= 15 is 0 Å². The zero-order valence-electron chi connectivity index (χ0n) is 14.2. The van der Waals surface area contributed by atoms with Crippen molar-refractivity contribution in [1.29, 1.82) is 0 Å². The number of carbonyl (C=O) groups is 2. The highest BCUT2D eigenvalue weighted by atomic mass is 32.2. The minimum absolute atomic E-state index is 0.0614. The predicted molar refractivity (Wildman–Crippen MR) is 90.4 cm³/mol. The maximum atomic E-state index is 12.5. The van der Waals surface area contributed by atoms with Gasteiger partial charge in [-0.3, -0.25) is 4.79 Å². The van der Waals surface area contributed by atoms with Crippen LogP contribution in [0.3, 0.4) is 0 Å². The molecule has 2 rings (SSSR count). The molecule has 1 amide bonds. The average Bonchev–Trinajstić information content (AvgIpc) is 2.92. The van der Waals surface area contributed by atoms with Crippen LogP contribution in [-0.2, 0) is 19.4 Å². The number of hydrogen-bond donors (Lipinski definition) is 1. The molecule has 1 aromatic heterocycles. The molecule has 0 unspecified atom stereocenters. The van der Waals surface area contributed by atoms with Gasteiger partial charge in [0, 0.05) is 24.5 Å². The van der Waals surface area contributed by atoms with Crippen molar-refractivity contribution in [2.45, 2.75) is 38.8 Å². The first-order valence-electron chi connectivity index (χ1n) is 8.00. The number of anilines is 1. The summed E-state index contributed by atoms with van der Waals surface area (Å²) < 4.78 is 28.4. The highest BCUT2D eigenvalue weighted by Crippen LogP contribution is 2.21. The van der Waals surface area contributed by atoms with Crippen LogP contribution in [0.5, 0.6) is 0 Å². The van der Waals surface area contributed by atoms with Crippen LogP contribution in [0.2, 0.25) is 0 Å². The fourth-order valence-electron chi connectivity index (χ4n) is 2.78. The second-order valence-electron chi connectivity index (χ2n) is 5.98. The van der Waals surface area contributed by atoms with E-state index in [1.54, 1.807) is 0 Å². The Kier molecular flexibility index (Phi) is 5.93. The summed E-state index contributed by atoms with van der Waals surface area (Å²) in [6.07, 6.45) is 3.68. The minimum atomic E-state index is -3.13. The van der Waals surface area contributed by atoms with E-state index in [1.807, 2.05) is 13.8 Å². The van der Waals surface area contributed by atoms with Crippen LogP contribution in [-0.4, -0.2) is 65.4 Å². The first kappa shape index (κ1) is 19.1. The van der Waals surface area contributed by atoms with Gasteiger partial charge in [-0.05, 0) is 19.8 Å². The third-order valence-electron chi connectivity index (χ3n) is 4.20. The Balaban J connectivity index is 2.05. The van der Waals surface area contributed by atoms with E-state index in [0.29, 0.717) is 12.8 Å². The fourth-order valence-corrected chi connectivity index (χ4v) is 4.49. The van der Waals surface area contributed by atoms with Gasteiger partial charge in [0.15, 0.2) is 28.0 Å². The van der Waals surface area contributed by atoms with Crippen molar-refractivity contribution in [2.75, 3.05) is 23.8 Å². The lowest BCUT2D eigenvalue weighted by Gasteiger charge is -2.33. The minimum Gasteiger partial charge on any atom is -0.451 e. The number of sulfone groups is 1. The molecule has 0 saturated carbocycles. The molecule has 138 valence electrons. The fraction of sp³-hybridized carbons (Fsp3) is 0.600. The number of ether oxygens (including phenoxy) is 1. The Morgan fingerprint density at radius 1 is 1.40 bits per heavy atom. The van der Waals surface area contributed by atoms with Gasteiger partial charge in [-0.25, -0.2) is 23.2 Å². The molecule has 0 radical (unpaired) electrons. The first-order chi connectivity index (χ1) is 11.7. The van der Waals surface area contributed by atoms with E-state index in [2.05, 4.69) is 9.97 Å². The van der Waals surface area contributed by atoms with Gasteiger partial charge in [-0.2, -0.15) is 0 Å². The van der Waals surface area contributed by atoms with Crippen molar-refractivity contribution in [3.05, 3.63) is 18.1 Å². The summed E-state index contributed by atoms with van der Waals surface area (Å²) >= 11 is 0. The van der Waals surface area contributed by atoms with E-state index in [-0.39, 0.29) is 29.1 Å². The van der Waals surface area contributed by atoms with Gasteiger partial charge in [0.25, 0.3) is 5.91 Å². The highest BCUT2D eigenvalue weighted by molar-refractivity contribution is 7.91. The van der Waals surface area contributed by atoms with Gasteiger partial charge in [0.05, 0.1) is 11.5 Å². The second kappa shape index (κ2) is 7.77. The Morgan fingerprint density at radius 3 is 2.64 bits per heavy atom. The topological polar surface area (TPSA) is 133 Å². The summed E-state index contributed by atoms with van der Waals surface area (Å²) in [4.78, 5) is 33.6. The summed E-state index contributed by atoms with van der Waals surface area (Å²) in [6, 6.07) is -0.557. The molecule has 1 aliphatic heterocycles. The van der Waals surface area contributed by atoms with E-state index in [0.717, 1.165) is 0 Å². The molecule has 2 atom stereocenters. The number of rotatable bonds is 6. The van der Waals surface area contributed by atoms with E-state index < -0.39 is 34.4 Å². The Morgan fingerprint density at radius 2 is 2.08 bits per heavy atom. The second-order valence-corrected chi connectivity index (χ2v) is 8.21. The van der Waals surface area contributed by atoms with Crippen molar-refractivity contribution < 1.29 is 22.7 Å². The number of amides is 1. The molecule has 9 nitrogen and oxygen atoms in total. The lowest BCUT2D eigenvalue weighted by Crippen LogP contribution is -2.48. The van der Waals surface area contributed by atoms with Gasteiger partial charge in [0.1, 0.15) is 0 Å². The molecule has 1 aromatic rings. The maximum Gasteiger partial charge on any atom is 0.361 e. The quantitative estimate of drug-likeness (QED) is 0.694. The molecule has 2 heterocycles. The van der Waals surface area contributed by atoms with E-state index in [1.165, 1.54) is 17.3 Å². The van der Waals surface area contributed by atoms with Crippen LogP contribution in [0, 0.1) is 0 Å². The highest BCUT2D eigenvalue weighted by Gasteiger charge is 2.36. The summed E-state index contributed by atoms with van der Waals surface area (Å²) in [5.74, 6) is -1.36. The van der Waals surface area contributed by atoms with Crippen molar-refractivity contribution in [3.8, 4) is 0 Å². The molecule has 10 heteroatoms. The third-order valence-corrected chi connectivity index (χ3v) is 5.95. The van der Waals surface area contributed by atoms with Crippen LogP contribution in [0.1, 0.15) is 37.2 Å². The number of nitrogens with two attached hydrogens (primary N) is 1. The molecule has 0 aromatic carbocycles. The standard InChI is InChI=1S/C15H22N4O5S/c1-3-10(2)19(11-4-7-25(22,23)9-11)12(20)8-24-15(21)13-14(16)18-6-5-17-13/h5-6,10-11H,3-4,7-9H2,1-2H3,(H2,16,18)/t10-,11+/m1/s1. The van der Waals surface area contributed by atoms with Crippen molar-refractivity contribution in [2.24, 2.45) is 0 Å². The zero-order valence-corrected chi connectivity index (χ0v) is 15.0. The third kappa shape index (κ3) is 4.65. The largest absolute Gasteiger partial charge is 0.451 e. The Labute approximate surface area is 146 Å². The van der Waals surface area contributed by atoms with Crippen LogP contribution in [0.25, 0.3) is 0 Å². The van der Waals surface area contributed by atoms with E-state index in [4.69, 9.17) is 10.5 Å². The SMILES string of the molecule is CC[C@@H](C)N(C(=O)COC(=O)c1nccnc1N)[C@H]1CCS(=O)(=O)C1. The number of aromatic nitrogens is 2. The molecule has 2 N–H and O–H groups in total. The monoisotopic (exact) mass is 370 g/mol. The molecule has 0 aliphatic carbocycles. The van der Waals surface area contributed by atoms with Gasteiger partial charge < -0.3 is 15.4 Å². The van der Waals surface area contributed by atoms with Crippen LogP contribution < -0.4 is 5.73 Å².